The lowest BCUT2D eigenvalue weighted by Gasteiger charge is -2.35. The molecule has 0 radical (unpaired) electrons. The number of carbonyl (C=O) groups is 1. The largest absolute Gasteiger partial charge is 0.387 e. The van der Waals surface area contributed by atoms with Gasteiger partial charge in [0.1, 0.15) is 6.61 Å². The lowest BCUT2D eigenvalue weighted by atomic mass is 10.2. The normalized spacial score (nSPS) is 15.4. The minimum Gasteiger partial charge on any atom is -0.387 e. The maximum absolute atomic E-state index is 11.3. The number of carbonyl (C=O) groups excluding carboxylic acids is 1. The highest BCUT2D eigenvalue weighted by molar-refractivity contribution is 5.77. The molecule has 0 aliphatic carbocycles. The summed E-state index contributed by atoms with van der Waals surface area (Å²) in [5.74, 6) is -0.459. The lowest BCUT2D eigenvalue weighted by molar-refractivity contribution is -0.389. The van der Waals surface area contributed by atoms with E-state index in [1.165, 1.54) is 12.3 Å². The summed E-state index contributed by atoms with van der Waals surface area (Å²) in [6, 6.07) is 3.01. The van der Waals surface area contributed by atoms with Crippen molar-refractivity contribution in [2.24, 2.45) is 0 Å². The van der Waals surface area contributed by atoms with Crippen molar-refractivity contribution < 1.29 is 14.8 Å². The fourth-order valence-corrected chi connectivity index (χ4v) is 1.99. The van der Waals surface area contributed by atoms with E-state index in [0.29, 0.717) is 26.2 Å². The van der Waals surface area contributed by atoms with E-state index < -0.39 is 11.5 Å². The predicted molar refractivity (Wildman–Crippen MR) is 66.8 cm³/mol. The number of anilines is 1. The van der Waals surface area contributed by atoms with Gasteiger partial charge in [-0.25, -0.2) is 0 Å². The Morgan fingerprint density at radius 3 is 2.53 bits per heavy atom. The smallest absolute Gasteiger partial charge is 0.363 e. The number of hydrogen-bond donors (Lipinski definition) is 1. The van der Waals surface area contributed by atoms with Crippen LogP contribution in [0.25, 0.3) is 0 Å². The second-order valence-corrected chi connectivity index (χ2v) is 4.16. The number of aliphatic hydroxyl groups excluding tert-OH is 1. The Morgan fingerprint density at radius 1 is 1.37 bits per heavy atom. The molecule has 102 valence electrons. The fraction of sp³-hybridized carbons (Fsp3) is 0.455. The van der Waals surface area contributed by atoms with E-state index in [4.69, 9.17) is 5.11 Å². The third-order valence-corrected chi connectivity index (χ3v) is 3.05. The summed E-state index contributed by atoms with van der Waals surface area (Å²) < 4.78 is 0. The van der Waals surface area contributed by atoms with Crippen molar-refractivity contribution in [2.45, 2.75) is 0 Å². The molecule has 1 aromatic rings. The molecule has 1 aromatic heterocycles. The average molecular weight is 266 g/mol. The maximum atomic E-state index is 11.3. The minimum atomic E-state index is -0.540. The maximum Gasteiger partial charge on any atom is 0.363 e. The van der Waals surface area contributed by atoms with Gasteiger partial charge in [0.05, 0.1) is 5.69 Å². The summed E-state index contributed by atoms with van der Waals surface area (Å²) in [5, 5.41) is 19.3. The van der Waals surface area contributed by atoms with Crippen LogP contribution in [0.15, 0.2) is 18.3 Å². The molecule has 1 aliphatic heterocycles. The first-order valence-corrected chi connectivity index (χ1v) is 5.86. The number of nitro groups is 1. The molecule has 0 aromatic carbocycles. The van der Waals surface area contributed by atoms with Crippen LogP contribution >= 0.6 is 0 Å². The van der Waals surface area contributed by atoms with E-state index in [9.17, 15) is 14.9 Å². The van der Waals surface area contributed by atoms with E-state index in [0.717, 1.165) is 5.69 Å². The number of hydrogen-bond acceptors (Lipinski definition) is 6. The third-order valence-electron chi connectivity index (χ3n) is 3.05. The van der Waals surface area contributed by atoms with Crippen molar-refractivity contribution >= 4 is 17.4 Å². The Bertz CT molecular complexity index is 468. The topological polar surface area (TPSA) is 99.8 Å². The highest BCUT2D eigenvalue weighted by Gasteiger charge is 2.21. The highest BCUT2D eigenvalue weighted by atomic mass is 16.6. The molecule has 0 bridgehead atoms. The van der Waals surface area contributed by atoms with Crippen LogP contribution in [0.4, 0.5) is 11.5 Å². The molecule has 2 rings (SSSR count). The lowest BCUT2D eigenvalue weighted by Crippen LogP contribution is -2.49. The van der Waals surface area contributed by atoms with Crippen LogP contribution in [0.3, 0.4) is 0 Å². The molecule has 1 amide bonds. The van der Waals surface area contributed by atoms with Crippen molar-refractivity contribution in [3.63, 3.8) is 0 Å². The van der Waals surface area contributed by atoms with Crippen LogP contribution < -0.4 is 4.90 Å². The number of aromatic nitrogens is 1. The van der Waals surface area contributed by atoms with Crippen LogP contribution in [-0.2, 0) is 4.79 Å². The van der Waals surface area contributed by atoms with Crippen LogP contribution in [0, 0.1) is 10.1 Å². The number of aliphatic hydroxyl groups is 1. The predicted octanol–water partition coefficient (Wildman–Crippen LogP) is -0.369. The Kier molecular flexibility index (Phi) is 3.91. The quantitative estimate of drug-likeness (QED) is 0.592. The zero-order chi connectivity index (χ0) is 13.8. The first kappa shape index (κ1) is 13.2. The number of pyridine rings is 1. The Labute approximate surface area is 109 Å². The van der Waals surface area contributed by atoms with Gasteiger partial charge in [0, 0.05) is 32.2 Å². The second kappa shape index (κ2) is 5.61. The molecular formula is C11H14N4O4. The van der Waals surface area contributed by atoms with Gasteiger partial charge in [0.25, 0.3) is 0 Å². The van der Waals surface area contributed by atoms with Gasteiger partial charge in [-0.05, 0) is 16.0 Å². The first-order valence-electron chi connectivity index (χ1n) is 5.86. The van der Waals surface area contributed by atoms with E-state index in [1.54, 1.807) is 11.0 Å². The van der Waals surface area contributed by atoms with E-state index in [-0.39, 0.29) is 11.7 Å². The molecule has 1 aliphatic rings. The molecule has 19 heavy (non-hydrogen) atoms. The van der Waals surface area contributed by atoms with E-state index in [2.05, 4.69) is 4.98 Å². The number of rotatable bonds is 3. The van der Waals surface area contributed by atoms with Crippen LogP contribution in [0.1, 0.15) is 0 Å². The summed E-state index contributed by atoms with van der Waals surface area (Å²) >= 11 is 0. The van der Waals surface area contributed by atoms with Crippen molar-refractivity contribution in [1.82, 2.24) is 9.88 Å². The van der Waals surface area contributed by atoms with Crippen molar-refractivity contribution in [1.29, 1.82) is 0 Å². The second-order valence-electron chi connectivity index (χ2n) is 4.16. The molecule has 0 atom stereocenters. The van der Waals surface area contributed by atoms with Gasteiger partial charge in [-0.1, -0.05) is 0 Å². The molecule has 1 N–H and O–H groups in total. The standard InChI is InChI=1S/C11H14N4O4/c16-8-11(17)14-5-3-13(4-6-14)9-1-2-10(12-7-9)15(18)19/h1-2,7,16H,3-6,8H2. The Morgan fingerprint density at radius 2 is 2.05 bits per heavy atom. The minimum absolute atomic E-state index is 0.183. The van der Waals surface area contributed by atoms with Gasteiger partial charge >= 0.3 is 5.82 Å². The molecule has 1 fully saturated rings. The van der Waals surface area contributed by atoms with Gasteiger partial charge in [-0.3, -0.25) is 4.79 Å². The third kappa shape index (κ3) is 2.97. The Balaban J connectivity index is 1.97. The monoisotopic (exact) mass is 266 g/mol. The molecule has 8 nitrogen and oxygen atoms in total. The highest BCUT2D eigenvalue weighted by Crippen LogP contribution is 2.17. The summed E-state index contributed by atoms with van der Waals surface area (Å²) in [6.45, 7) is 1.81. The average Bonchev–Trinajstić information content (AvgIpc) is 2.46. The van der Waals surface area contributed by atoms with E-state index >= 15 is 0 Å². The van der Waals surface area contributed by atoms with Crippen LogP contribution in [0.2, 0.25) is 0 Å². The Hall–Kier alpha value is -2.22. The number of amides is 1. The zero-order valence-electron chi connectivity index (χ0n) is 10.2. The van der Waals surface area contributed by atoms with Gasteiger partial charge < -0.3 is 25.0 Å². The van der Waals surface area contributed by atoms with Crippen molar-refractivity contribution in [3.05, 3.63) is 28.4 Å². The SMILES string of the molecule is O=C(CO)N1CCN(c2ccc([N+](=O)[O-])nc2)CC1. The van der Waals surface area contributed by atoms with Crippen molar-refractivity contribution in [2.75, 3.05) is 37.7 Å². The summed E-state index contributed by atoms with van der Waals surface area (Å²) in [4.78, 5) is 28.6. The number of piperazine rings is 1. The zero-order valence-corrected chi connectivity index (χ0v) is 10.2. The van der Waals surface area contributed by atoms with Crippen LogP contribution in [0.5, 0.6) is 0 Å². The van der Waals surface area contributed by atoms with E-state index in [1.807, 2.05) is 4.90 Å². The molecule has 2 heterocycles. The van der Waals surface area contributed by atoms with Gasteiger partial charge in [-0.15, -0.1) is 0 Å². The molecule has 8 heteroatoms. The summed E-state index contributed by atoms with van der Waals surface area (Å²) in [7, 11) is 0. The summed E-state index contributed by atoms with van der Waals surface area (Å²) in [6.07, 6.45) is 1.46. The van der Waals surface area contributed by atoms with Gasteiger partial charge in [-0.2, -0.15) is 0 Å². The molecule has 0 unspecified atom stereocenters. The number of nitrogens with zero attached hydrogens (tertiary/aromatic N) is 4. The van der Waals surface area contributed by atoms with Gasteiger partial charge in [0.15, 0.2) is 6.20 Å². The molecule has 1 saturated heterocycles. The molecular weight excluding hydrogens is 252 g/mol. The van der Waals surface area contributed by atoms with Gasteiger partial charge in [0.2, 0.25) is 5.91 Å². The summed E-state index contributed by atoms with van der Waals surface area (Å²) in [5.41, 5.74) is 0.793. The molecule has 0 saturated carbocycles. The fourth-order valence-electron chi connectivity index (χ4n) is 1.99. The van der Waals surface area contributed by atoms with Crippen LogP contribution in [-0.4, -0.2) is 58.6 Å². The molecule has 0 spiro atoms. The van der Waals surface area contributed by atoms with Crippen molar-refractivity contribution in [3.8, 4) is 0 Å². The first-order chi connectivity index (χ1) is 9.11.